The average molecular weight is 363 g/mol. The maximum absolute atomic E-state index is 12.4. The lowest BCUT2D eigenvalue weighted by Crippen LogP contribution is -2.34. The Morgan fingerprint density at radius 3 is 2.78 bits per heavy atom. The summed E-state index contributed by atoms with van der Waals surface area (Å²) in [6.45, 7) is 5.92. The highest BCUT2D eigenvalue weighted by Gasteiger charge is 2.27. The molecule has 6 nitrogen and oxygen atoms in total. The number of pyridine rings is 1. The van der Waals surface area contributed by atoms with Crippen molar-refractivity contribution in [1.29, 1.82) is 0 Å². The normalized spacial score (nSPS) is 15.3. The van der Waals surface area contributed by atoms with Gasteiger partial charge in [0.15, 0.2) is 0 Å². The van der Waals surface area contributed by atoms with Gasteiger partial charge in [0.25, 0.3) is 5.91 Å². The van der Waals surface area contributed by atoms with Crippen LogP contribution in [0, 0.1) is 20.8 Å². The lowest BCUT2D eigenvalue weighted by molar-refractivity contribution is 0.0931. The van der Waals surface area contributed by atoms with Crippen molar-refractivity contribution in [2.45, 2.75) is 33.3 Å². The van der Waals surface area contributed by atoms with Crippen LogP contribution in [0.4, 0.5) is 0 Å². The van der Waals surface area contributed by atoms with E-state index in [-0.39, 0.29) is 12.0 Å². The van der Waals surface area contributed by atoms with Crippen LogP contribution in [0.2, 0.25) is 0 Å². The first-order valence-corrected chi connectivity index (χ1v) is 8.95. The summed E-state index contributed by atoms with van der Waals surface area (Å²) in [5, 5.41) is 6.76. The van der Waals surface area contributed by atoms with E-state index in [1.165, 1.54) is 0 Å². The molecule has 1 unspecified atom stereocenters. The van der Waals surface area contributed by atoms with Gasteiger partial charge in [0.2, 0.25) is 0 Å². The summed E-state index contributed by atoms with van der Waals surface area (Å²) in [6, 6.07) is 10.1. The van der Waals surface area contributed by atoms with Gasteiger partial charge in [0.1, 0.15) is 23.2 Å². The predicted octanol–water partition coefficient (Wildman–Crippen LogP) is 3.40. The zero-order valence-corrected chi connectivity index (χ0v) is 15.6. The van der Waals surface area contributed by atoms with Crippen molar-refractivity contribution in [3.05, 3.63) is 64.7 Å². The third kappa shape index (κ3) is 3.30. The van der Waals surface area contributed by atoms with E-state index in [0.717, 1.165) is 34.6 Å². The molecule has 1 aromatic carbocycles. The Bertz CT molecular complexity index is 973. The first kappa shape index (κ1) is 17.3. The molecule has 0 bridgehead atoms. The molecule has 0 fully saturated rings. The van der Waals surface area contributed by atoms with Crippen molar-refractivity contribution in [3.8, 4) is 17.0 Å². The van der Waals surface area contributed by atoms with Crippen LogP contribution in [0.1, 0.15) is 32.9 Å². The van der Waals surface area contributed by atoms with E-state index in [9.17, 15) is 4.79 Å². The molecule has 27 heavy (non-hydrogen) atoms. The summed E-state index contributed by atoms with van der Waals surface area (Å²) in [6.07, 6.45) is 2.48. The number of carbonyl (C=O) groups is 1. The van der Waals surface area contributed by atoms with E-state index in [2.05, 4.69) is 21.5 Å². The topological polar surface area (TPSA) is 77.2 Å². The van der Waals surface area contributed by atoms with Gasteiger partial charge >= 0.3 is 0 Å². The molecule has 0 saturated heterocycles. The van der Waals surface area contributed by atoms with E-state index in [0.29, 0.717) is 23.6 Å². The van der Waals surface area contributed by atoms with Gasteiger partial charge in [0, 0.05) is 18.2 Å². The van der Waals surface area contributed by atoms with Gasteiger partial charge in [-0.1, -0.05) is 23.4 Å². The Labute approximate surface area is 157 Å². The molecule has 1 atom stereocenters. The SMILES string of the molecule is Cc1ccc(-c2cccc3c2OC(CNC(=O)c2c(C)noc2C)C3)nc1. The zero-order valence-electron chi connectivity index (χ0n) is 15.6. The highest BCUT2D eigenvalue weighted by atomic mass is 16.5. The summed E-state index contributed by atoms with van der Waals surface area (Å²) >= 11 is 0. The smallest absolute Gasteiger partial charge is 0.256 e. The predicted molar refractivity (Wildman–Crippen MR) is 101 cm³/mol. The minimum absolute atomic E-state index is 0.115. The molecule has 0 radical (unpaired) electrons. The first-order chi connectivity index (χ1) is 13.0. The average Bonchev–Trinajstić information content (AvgIpc) is 3.23. The third-order valence-electron chi connectivity index (χ3n) is 4.77. The molecular formula is C21H21N3O3. The summed E-state index contributed by atoms with van der Waals surface area (Å²) in [5.41, 5.74) is 5.20. The molecule has 0 aliphatic carbocycles. The number of fused-ring (bicyclic) bond motifs is 1. The molecule has 3 heterocycles. The largest absolute Gasteiger partial charge is 0.487 e. The Morgan fingerprint density at radius 1 is 1.22 bits per heavy atom. The lowest BCUT2D eigenvalue weighted by atomic mass is 10.0. The number of aromatic nitrogens is 2. The quantitative estimate of drug-likeness (QED) is 0.769. The standard InChI is InChI=1S/C21H21N3O3/c1-12-7-8-18(22-10-12)17-6-4-5-15-9-16(26-20(15)17)11-23-21(25)19-13(2)24-27-14(19)3/h4-8,10,16H,9,11H2,1-3H3,(H,23,25). The Kier molecular flexibility index (Phi) is 4.39. The van der Waals surface area contributed by atoms with E-state index >= 15 is 0 Å². The lowest BCUT2D eigenvalue weighted by Gasteiger charge is -2.13. The maximum atomic E-state index is 12.4. The fraction of sp³-hybridized carbons (Fsp3) is 0.286. The molecule has 1 N–H and O–H groups in total. The Balaban J connectivity index is 1.48. The molecular weight excluding hydrogens is 342 g/mol. The van der Waals surface area contributed by atoms with Crippen molar-refractivity contribution in [1.82, 2.24) is 15.5 Å². The number of nitrogens with one attached hydrogen (secondary N) is 1. The molecule has 1 aliphatic heterocycles. The van der Waals surface area contributed by atoms with E-state index in [4.69, 9.17) is 9.26 Å². The van der Waals surface area contributed by atoms with E-state index < -0.39 is 0 Å². The zero-order chi connectivity index (χ0) is 19.0. The van der Waals surface area contributed by atoms with Crippen molar-refractivity contribution >= 4 is 5.91 Å². The summed E-state index contributed by atoms with van der Waals surface area (Å²) in [4.78, 5) is 16.9. The fourth-order valence-electron chi connectivity index (χ4n) is 3.38. The summed E-state index contributed by atoms with van der Waals surface area (Å²) in [7, 11) is 0. The van der Waals surface area contributed by atoms with Crippen LogP contribution in [0.3, 0.4) is 0 Å². The summed E-state index contributed by atoms with van der Waals surface area (Å²) in [5.74, 6) is 1.19. The number of nitrogens with zero attached hydrogens (tertiary/aromatic N) is 2. The van der Waals surface area contributed by atoms with Crippen molar-refractivity contribution in [2.24, 2.45) is 0 Å². The van der Waals surface area contributed by atoms with E-state index in [1.807, 2.05) is 37.4 Å². The van der Waals surface area contributed by atoms with Crippen LogP contribution < -0.4 is 10.1 Å². The molecule has 1 aliphatic rings. The van der Waals surface area contributed by atoms with Crippen LogP contribution in [-0.4, -0.2) is 28.7 Å². The number of carbonyl (C=O) groups excluding carboxylic acids is 1. The fourth-order valence-corrected chi connectivity index (χ4v) is 3.38. The minimum atomic E-state index is -0.189. The van der Waals surface area contributed by atoms with E-state index in [1.54, 1.807) is 13.8 Å². The number of rotatable bonds is 4. The molecule has 1 amide bonds. The number of hydrogen-bond acceptors (Lipinski definition) is 5. The Hall–Kier alpha value is -3.15. The van der Waals surface area contributed by atoms with Gasteiger partial charge in [-0.25, -0.2) is 0 Å². The van der Waals surface area contributed by atoms with Crippen molar-refractivity contribution < 1.29 is 14.1 Å². The molecule has 4 rings (SSSR count). The highest BCUT2D eigenvalue weighted by molar-refractivity contribution is 5.96. The van der Waals surface area contributed by atoms with Crippen LogP contribution in [0.5, 0.6) is 5.75 Å². The molecule has 3 aromatic rings. The van der Waals surface area contributed by atoms with Crippen LogP contribution in [0.25, 0.3) is 11.3 Å². The Morgan fingerprint density at radius 2 is 2.07 bits per heavy atom. The van der Waals surface area contributed by atoms with Crippen molar-refractivity contribution in [2.75, 3.05) is 6.54 Å². The second-order valence-corrected chi connectivity index (χ2v) is 6.87. The number of aryl methyl sites for hydroxylation is 3. The molecule has 0 spiro atoms. The van der Waals surface area contributed by atoms with Gasteiger partial charge < -0.3 is 14.6 Å². The number of hydrogen-bond donors (Lipinski definition) is 1. The second-order valence-electron chi connectivity index (χ2n) is 6.87. The number of benzene rings is 1. The third-order valence-corrected chi connectivity index (χ3v) is 4.77. The highest BCUT2D eigenvalue weighted by Crippen LogP contribution is 2.37. The second kappa shape index (κ2) is 6.87. The number of amides is 1. The minimum Gasteiger partial charge on any atom is -0.487 e. The maximum Gasteiger partial charge on any atom is 0.256 e. The van der Waals surface area contributed by atoms with Gasteiger partial charge in [-0.3, -0.25) is 9.78 Å². The van der Waals surface area contributed by atoms with Gasteiger partial charge in [-0.05, 0) is 44.0 Å². The summed E-state index contributed by atoms with van der Waals surface area (Å²) < 4.78 is 11.2. The molecule has 0 saturated carbocycles. The first-order valence-electron chi connectivity index (χ1n) is 8.95. The van der Waals surface area contributed by atoms with Crippen molar-refractivity contribution in [3.63, 3.8) is 0 Å². The number of para-hydroxylation sites is 1. The van der Waals surface area contributed by atoms with Crippen LogP contribution in [-0.2, 0) is 6.42 Å². The monoisotopic (exact) mass is 363 g/mol. The van der Waals surface area contributed by atoms with Gasteiger partial charge in [-0.15, -0.1) is 0 Å². The van der Waals surface area contributed by atoms with Crippen LogP contribution in [0.15, 0.2) is 41.1 Å². The van der Waals surface area contributed by atoms with Gasteiger partial charge in [-0.2, -0.15) is 0 Å². The number of ether oxygens (including phenoxy) is 1. The molecule has 2 aromatic heterocycles. The van der Waals surface area contributed by atoms with Gasteiger partial charge in [0.05, 0.1) is 17.9 Å². The molecule has 138 valence electrons. The van der Waals surface area contributed by atoms with Crippen LogP contribution >= 0.6 is 0 Å². The molecule has 6 heteroatoms.